The van der Waals surface area contributed by atoms with Crippen molar-refractivity contribution in [2.75, 3.05) is 10.6 Å². The van der Waals surface area contributed by atoms with Gasteiger partial charge in [0.1, 0.15) is 5.75 Å². The second-order valence-electron chi connectivity index (χ2n) is 7.61. The summed E-state index contributed by atoms with van der Waals surface area (Å²) in [4.78, 5) is 25.1. The molecule has 0 saturated carbocycles. The first-order chi connectivity index (χ1) is 14.8. The van der Waals surface area contributed by atoms with Gasteiger partial charge >= 0.3 is 11.7 Å². The lowest BCUT2D eigenvalue weighted by Gasteiger charge is -2.14. The number of rotatable bonds is 4. The van der Waals surface area contributed by atoms with E-state index in [0.29, 0.717) is 33.9 Å². The number of urea groups is 1. The minimum atomic E-state index is -0.400. The third-order valence-corrected chi connectivity index (χ3v) is 5.07. The summed E-state index contributed by atoms with van der Waals surface area (Å²) in [7, 11) is 3.40. The van der Waals surface area contributed by atoms with Crippen LogP contribution in [0.5, 0.6) is 11.5 Å². The van der Waals surface area contributed by atoms with E-state index in [1.54, 1.807) is 30.8 Å². The Bertz CT molecular complexity index is 1320. The number of carbonyl (C=O) groups excluding carboxylic acids is 1. The number of carbonyl (C=O) groups is 1. The molecule has 0 aliphatic carbocycles. The van der Waals surface area contributed by atoms with E-state index in [0.717, 1.165) is 11.1 Å². The summed E-state index contributed by atoms with van der Waals surface area (Å²) in [6.45, 7) is 3.96. The lowest BCUT2D eigenvalue weighted by molar-refractivity contribution is 0.262. The highest BCUT2D eigenvalue weighted by Crippen LogP contribution is 2.33. The third-order valence-electron chi connectivity index (χ3n) is 5.07. The molecule has 0 atom stereocenters. The van der Waals surface area contributed by atoms with Gasteiger partial charge in [0, 0.05) is 25.8 Å². The van der Waals surface area contributed by atoms with E-state index in [9.17, 15) is 9.59 Å². The Kier molecular flexibility index (Phi) is 5.25. The Hall–Kier alpha value is -4.00. The molecule has 31 heavy (non-hydrogen) atoms. The fourth-order valence-electron chi connectivity index (χ4n) is 3.66. The van der Waals surface area contributed by atoms with Crippen molar-refractivity contribution in [1.82, 2.24) is 9.13 Å². The molecule has 158 valence electrons. The zero-order valence-electron chi connectivity index (χ0n) is 17.9. The quantitative estimate of drug-likeness (QED) is 0.495. The van der Waals surface area contributed by atoms with Crippen LogP contribution in [-0.2, 0) is 14.1 Å². The van der Waals surface area contributed by atoms with Gasteiger partial charge in [0.2, 0.25) is 0 Å². The number of aromatic nitrogens is 2. The molecule has 4 aromatic rings. The third kappa shape index (κ3) is 4.16. The standard InChI is InChI=1S/C24H24N4O3/c1-15-10-16(2)12-17(11-15)25-23(29)26-19-13-20-21(28(4)24(30)27(20)3)14-22(19)31-18-8-6-5-7-9-18/h5-14H,1-4H3,(H2,25,26,29). The van der Waals surface area contributed by atoms with Gasteiger partial charge in [0.05, 0.1) is 16.7 Å². The molecule has 1 heterocycles. The van der Waals surface area contributed by atoms with Gasteiger partial charge < -0.3 is 15.4 Å². The molecule has 0 unspecified atom stereocenters. The number of amides is 2. The fraction of sp³-hybridized carbons (Fsp3) is 0.167. The number of fused-ring (bicyclic) bond motifs is 1. The highest BCUT2D eigenvalue weighted by molar-refractivity contribution is 6.02. The summed E-state index contributed by atoms with van der Waals surface area (Å²) in [5, 5.41) is 5.73. The van der Waals surface area contributed by atoms with Gasteiger partial charge in [-0.1, -0.05) is 24.3 Å². The number of ether oxygens (including phenoxy) is 1. The summed E-state index contributed by atoms with van der Waals surface area (Å²) in [6.07, 6.45) is 0. The molecule has 0 radical (unpaired) electrons. The monoisotopic (exact) mass is 416 g/mol. The molecule has 3 aromatic carbocycles. The number of nitrogens with zero attached hydrogens (tertiary/aromatic N) is 2. The molecular weight excluding hydrogens is 392 g/mol. The van der Waals surface area contributed by atoms with E-state index >= 15 is 0 Å². The van der Waals surface area contributed by atoms with Crippen LogP contribution in [0.4, 0.5) is 16.2 Å². The topological polar surface area (TPSA) is 77.3 Å². The Labute approximate surface area is 179 Å². The van der Waals surface area contributed by atoms with Gasteiger partial charge in [-0.25, -0.2) is 9.59 Å². The van der Waals surface area contributed by atoms with Crippen molar-refractivity contribution in [3.8, 4) is 11.5 Å². The SMILES string of the molecule is Cc1cc(C)cc(NC(=O)Nc2cc3c(cc2Oc2ccccc2)n(C)c(=O)n3C)c1. The van der Waals surface area contributed by atoms with Gasteiger partial charge in [-0.3, -0.25) is 9.13 Å². The average Bonchev–Trinajstić information content (AvgIpc) is 2.92. The number of nitrogens with one attached hydrogen (secondary N) is 2. The maximum atomic E-state index is 12.8. The predicted octanol–water partition coefficient (Wildman–Crippen LogP) is 4.93. The molecule has 1 aromatic heterocycles. The van der Waals surface area contributed by atoms with Gasteiger partial charge in [-0.2, -0.15) is 0 Å². The normalized spacial score (nSPS) is 10.8. The van der Waals surface area contributed by atoms with Crippen LogP contribution in [0.25, 0.3) is 11.0 Å². The van der Waals surface area contributed by atoms with E-state index in [4.69, 9.17) is 4.74 Å². The van der Waals surface area contributed by atoms with Crippen LogP contribution < -0.4 is 21.1 Å². The van der Waals surface area contributed by atoms with Crippen LogP contribution in [0.3, 0.4) is 0 Å². The summed E-state index contributed by atoms with van der Waals surface area (Å²) in [5.74, 6) is 1.07. The molecule has 2 amide bonds. The Morgan fingerprint density at radius 3 is 2.10 bits per heavy atom. The number of aryl methyl sites for hydroxylation is 4. The van der Waals surface area contributed by atoms with E-state index in [-0.39, 0.29) is 5.69 Å². The first-order valence-electron chi connectivity index (χ1n) is 9.90. The molecule has 0 aliphatic heterocycles. The summed E-state index contributed by atoms with van der Waals surface area (Å²) in [5.41, 5.74) is 4.52. The fourth-order valence-corrected chi connectivity index (χ4v) is 3.66. The molecule has 2 N–H and O–H groups in total. The zero-order chi connectivity index (χ0) is 22.1. The number of hydrogen-bond acceptors (Lipinski definition) is 3. The molecule has 0 aliphatic rings. The molecule has 4 rings (SSSR count). The van der Waals surface area contributed by atoms with Crippen LogP contribution in [0.15, 0.2) is 65.5 Å². The molecule has 0 fully saturated rings. The summed E-state index contributed by atoms with van der Waals surface area (Å²) < 4.78 is 9.13. The number of benzene rings is 3. The molecule has 0 spiro atoms. The minimum Gasteiger partial charge on any atom is -0.455 e. The van der Waals surface area contributed by atoms with Crippen LogP contribution in [0, 0.1) is 13.8 Å². The van der Waals surface area contributed by atoms with E-state index < -0.39 is 6.03 Å². The van der Waals surface area contributed by atoms with Gasteiger partial charge in [-0.05, 0) is 55.3 Å². The van der Waals surface area contributed by atoms with Gasteiger partial charge in [-0.15, -0.1) is 0 Å². The van der Waals surface area contributed by atoms with Crippen molar-refractivity contribution in [2.45, 2.75) is 13.8 Å². The molecule has 0 bridgehead atoms. The van der Waals surface area contributed by atoms with E-state index in [2.05, 4.69) is 10.6 Å². The minimum absolute atomic E-state index is 0.155. The first-order valence-corrected chi connectivity index (χ1v) is 9.90. The Balaban J connectivity index is 1.71. The maximum Gasteiger partial charge on any atom is 0.328 e. The van der Waals surface area contributed by atoms with Crippen molar-refractivity contribution >= 4 is 28.4 Å². The molecule has 7 nitrogen and oxygen atoms in total. The Morgan fingerprint density at radius 1 is 0.839 bits per heavy atom. The second-order valence-corrected chi connectivity index (χ2v) is 7.61. The zero-order valence-corrected chi connectivity index (χ0v) is 17.9. The first kappa shape index (κ1) is 20.3. The second kappa shape index (κ2) is 8.02. The summed E-state index contributed by atoms with van der Waals surface area (Å²) >= 11 is 0. The van der Waals surface area contributed by atoms with Crippen LogP contribution in [0.2, 0.25) is 0 Å². The van der Waals surface area contributed by atoms with Crippen molar-refractivity contribution in [2.24, 2.45) is 14.1 Å². The van der Waals surface area contributed by atoms with E-state index in [1.807, 2.05) is 62.4 Å². The summed E-state index contributed by atoms with van der Waals surface area (Å²) in [6, 6.07) is 18.2. The lowest BCUT2D eigenvalue weighted by Crippen LogP contribution is -2.20. The number of hydrogen-bond donors (Lipinski definition) is 2. The van der Waals surface area contributed by atoms with Gasteiger partial charge in [0.25, 0.3) is 0 Å². The smallest absolute Gasteiger partial charge is 0.328 e. The largest absolute Gasteiger partial charge is 0.455 e. The lowest BCUT2D eigenvalue weighted by atomic mass is 10.1. The molecule has 7 heteroatoms. The van der Waals surface area contributed by atoms with Crippen molar-refractivity contribution < 1.29 is 9.53 Å². The van der Waals surface area contributed by atoms with E-state index in [1.165, 1.54) is 4.57 Å². The predicted molar refractivity (Wildman–Crippen MR) is 123 cm³/mol. The van der Waals surface area contributed by atoms with Crippen LogP contribution in [0.1, 0.15) is 11.1 Å². The number of anilines is 2. The molecule has 0 saturated heterocycles. The van der Waals surface area contributed by atoms with Gasteiger partial charge in [0.15, 0.2) is 5.75 Å². The highest BCUT2D eigenvalue weighted by atomic mass is 16.5. The Morgan fingerprint density at radius 2 is 1.45 bits per heavy atom. The van der Waals surface area contributed by atoms with Crippen molar-refractivity contribution in [3.63, 3.8) is 0 Å². The average molecular weight is 416 g/mol. The van der Waals surface area contributed by atoms with Crippen LogP contribution in [-0.4, -0.2) is 15.2 Å². The highest BCUT2D eigenvalue weighted by Gasteiger charge is 2.16. The number of para-hydroxylation sites is 1. The maximum absolute atomic E-state index is 12.8. The number of imidazole rings is 1. The van der Waals surface area contributed by atoms with Crippen molar-refractivity contribution in [1.29, 1.82) is 0 Å². The van der Waals surface area contributed by atoms with Crippen molar-refractivity contribution in [3.05, 3.63) is 82.3 Å². The molecular formula is C24H24N4O3. The van der Waals surface area contributed by atoms with Crippen LogP contribution >= 0.6 is 0 Å².